The van der Waals surface area contributed by atoms with Crippen LogP contribution >= 0.6 is 11.6 Å². The van der Waals surface area contributed by atoms with Crippen molar-refractivity contribution in [2.45, 2.75) is 6.54 Å². The Bertz CT molecular complexity index is 811. The van der Waals surface area contributed by atoms with Crippen LogP contribution in [0.3, 0.4) is 0 Å². The average Bonchev–Trinajstić information content (AvgIpc) is 2.60. The fourth-order valence-corrected chi connectivity index (χ4v) is 3.05. The van der Waals surface area contributed by atoms with E-state index in [9.17, 15) is 13.2 Å². The topological polar surface area (TPSA) is 75.7 Å². The lowest BCUT2D eigenvalue weighted by Gasteiger charge is -2.19. The predicted molar refractivity (Wildman–Crippen MR) is 102 cm³/mol. The van der Waals surface area contributed by atoms with Crippen LogP contribution in [0.2, 0.25) is 5.02 Å². The van der Waals surface area contributed by atoms with Crippen LogP contribution in [0.15, 0.2) is 54.6 Å². The lowest BCUT2D eigenvalue weighted by atomic mass is 10.2. The van der Waals surface area contributed by atoms with E-state index in [4.69, 9.17) is 16.3 Å². The summed E-state index contributed by atoms with van der Waals surface area (Å²) >= 11 is 5.79. The molecule has 0 heterocycles. The Labute approximate surface area is 158 Å². The van der Waals surface area contributed by atoms with Crippen LogP contribution in [0.4, 0.5) is 0 Å². The summed E-state index contributed by atoms with van der Waals surface area (Å²) in [4.78, 5) is 12.1. The van der Waals surface area contributed by atoms with E-state index < -0.39 is 10.0 Å². The van der Waals surface area contributed by atoms with Crippen molar-refractivity contribution < 1.29 is 17.9 Å². The molecule has 0 spiro atoms. The summed E-state index contributed by atoms with van der Waals surface area (Å²) < 4.78 is 30.5. The summed E-state index contributed by atoms with van der Waals surface area (Å²) in [5.74, 6) is 0.261. The largest absolute Gasteiger partial charge is 0.492 e. The molecule has 0 unspecified atom stereocenters. The molecule has 0 bridgehead atoms. The Morgan fingerprint density at radius 1 is 1.12 bits per heavy atom. The predicted octanol–water partition coefficient (Wildman–Crippen LogP) is 2.30. The standard InChI is InChI=1S/C18H21ClN2O4S/c1-26(23,24)21(13-15-5-3-2-4-6-15)14-18(22)20-11-12-25-17-9-7-16(19)8-10-17/h2-10H,11-14H2,1H3,(H,20,22). The highest BCUT2D eigenvalue weighted by Gasteiger charge is 2.20. The number of ether oxygens (including phenoxy) is 1. The number of carbonyl (C=O) groups is 1. The third kappa shape index (κ3) is 7.03. The number of hydrogen-bond donors (Lipinski definition) is 1. The van der Waals surface area contributed by atoms with Gasteiger partial charge in [0, 0.05) is 11.6 Å². The average molecular weight is 397 g/mol. The minimum absolute atomic E-state index is 0.147. The molecule has 0 aliphatic heterocycles. The van der Waals surface area contributed by atoms with Crippen molar-refractivity contribution in [3.63, 3.8) is 0 Å². The first kappa shape index (κ1) is 20.2. The summed E-state index contributed by atoms with van der Waals surface area (Å²) in [5, 5.41) is 3.27. The van der Waals surface area contributed by atoms with Gasteiger partial charge in [0.25, 0.3) is 0 Å². The van der Waals surface area contributed by atoms with Crippen LogP contribution in [-0.2, 0) is 21.4 Å². The summed E-state index contributed by atoms with van der Waals surface area (Å²) in [5.41, 5.74) is 0.816. The number of rotatable bonds is 9. The zero-order valence-electron chi connectivity index (χ0n) is 14.4. The molecule has 1 amide bonds. The quantitative estimate of drug-likeness (QED) is 0.660. The van der Waals surface area contributed by atoms with Gasteiger partial charge in [-0.25, -0.2) is 8.42 Å². The Morgan fingerprint density at radius 2 is 1.77 bits per heavy atom. The zero-order chi connectivity index (χ0) is 19.0. The van der Waals surface area contributed by atoms with E-state index in [1.54, 1.807) is 24.3 Å². The number of nitrogens with zero attached hydrogens (tertiary/aromatic N) is 1. The van der Waals surface area contributed by atoms with Crippen molar-refractivity contribution in [3.05, 3.63) is 65.2 Å². The van der Waals surface area contributed by atoms with Gasteiger partial charge >= 0.3 is 0 Å². The van der Waals surface area contributed by atoms with E-state index in [1.165, 1.54) is 0 Å². The molecule has 0 atom stereocenters. The number of carbonyl (C=O) groups excluding carboxylic acids is 1. The first-order chi connectivity index (χ1) is 12.3. The fraction of sp³-hybridized carbons (Fsp3) is 0.278. The molecule has 1 N–H and O–H groups in total. The van der Waals surface area contributed by atoms with Gasteiger partial charge in [-0.3, -0.25) is 4.79 Å². The highest BCUT2D eigenvalue weighted by molar-refractivity contribution is 7.88. The summed E-state index contributed by atoms with van der Waals surface area (Å²) in [6, 6.07) is 16.0. The lowest BCUT2D eigenvalue weighted by Crippen LogP contribution is -2.40. The van der Waals surface area contributed by atoms with Crippen molar-refractivity contribution in [2.75, 3.05) is 26.0 Å². The number of hydrogen-bond acceptors (Lipinski definition) is 4. The van der Waals surface area contributed by atoms with Crippen molar-refractivity contribution in [2.24, 2.45) is 0 Å². The first-order valence-electron chi connectivity index (χ1n) is 7.99. The van der Waals surface area contributed by atoms with Gasteiger partial charge in [0.15, 0.2) is 0 Å². The van der Waals surface area contributed by atoms with E-state index in [0.29, 0.717) is 10.8 Å². The van der Waals surface area contributed by atoms with Crippen LogP contribution in [0.25, 0.3) is 0 Å². The molecule has 2 aromatic carbocycles. The first-order valence-corrected chi connectivity index (χ1v) is 10.2. The van der Waals surface area contributed by atoms with Crippen molar-refractivity contribution in [3.8, 4) is 5.75 Å². The van der Waals surface area contributed by atoms with Crippen molar-refractivity contribution in [1.29, 1.82) is 0 Å². The second-order valence-electron chi connectivity index (χ2n) is 5.67. The molecule has 0 saturated carbocycles. The molecule has 0 aromatic heterocycles. The number of nitrogens with one attached hydrogen (secondary N) is 1. The normalized spacial score (nSPS) is 11.3. The van der Waals surface area contributed by atoms with E-state index in [1.807, 2.05) is 30.3 Å². The summed E-state index contributed by atoms with van der Waals surface area (Å²) in [6.07, 6.45) is 1.09. The van der Waals surface area contributed by atoms with E-state index in [-0.39, 0.29) is 32.1 Å². The van der Waals surface area contributed by atoms with Gasteiger partial charge in [-0.2, -0.15) is 4.31 Å². The van der Waals surface area contributed by atoms with Gasteiger partial charge in [0.1, 0.15) is 12.4 Å². The molecule has 0 fully saturated rings. The van der Waals surface area contributed by atoms with Gasteiger partial charge in [-0.05, 0) is 29.8 Å². The minimum Gasteiger partial charge on any atom is -0.492 e. The molecule has 6 nitrogen and oxygen atoms in total. The summed E-state index contributed by atoms with van der Waals surface area (Å²) in [6.45, 7) is 0.443. The van der Waals surface area contributed by atoms with Crippen LogP contribution in [0.5, 0.6) is 5.75 Å². The molecule has 0 aliphatic carbocycles. The Morgan fingerprint density at radius 3 is 2.38 bits per heavy atom. The Hall–Kier alpha value is -2.09. The SMILES string of the molecule is CS(=O)(=O)N(CC(=O)NCCOc1ccc(Cl)cc1)Cc1ccccc1. The molecule has 2 aromatic rings. The van der Waals surface area contributed by atoms with Crippen molar-refractivity contribution in [1.82, 2.24) is 9.62 Å². The molecule has 26 heavy (non-hydrogen) atoms. The third-order valence-electron chi connectivity index (χ3n) is 3.50. The summed E-state index contributed by atoms with van der Waals surface area (Å²) in [7, 11) is -3.51. The second-order valence-corrected chi connectivity index (χ2v) is 8.09. The fourth-order valence-electron chi connectivity index (χ4n) is 2.18. The zero-order valence-corrected chi connectivity index (χ0v) is 16.0. The minimum atomic E-state index is -3.51. The highest BCUT2D eigenvalue weighted by atomic mass is 35.5. The lowest BCUT2D eigenvalue weighted by molar-refractivity contribution is -0.121. The number of halogens is 1. The van der Waals surface area contributed by atoms with Crippen molar-refractivity contribution >= 4 is 27.5 Å². The maximum absolute atomic E-state index is 12.1. The number of sulfonamides is 1. The molecule has 0 saturated heterocycles. The van der Waals surface area contributed by atoms with Gasteiger partial charge in [-0.15, -0.1) is 0 Å². The van der Waals surface area contributed by atoms with E-state index in [2.05, 4.69) is 5.32 Å². The van der Waals surface area contributed by atoms with Crippen LogP contribution in [-0.4, -0.2) is 44.6 Å². The van der Waals surface area contributed by atoms with Gasteiger partial charge in [-0.1, -0.05) is 41.9 Å². The van der Waals surface area contributed by atoms with Crippen LogP contribution in [0.1, 0.15) is 5.56 Å². The van der Waals surface area contributed by atoms with Gasteiger partial charge in [0.2, 0.25) is 15.9 Å². The van der Waals surface area contributed by atoms with Crippen LogP contribution in [0, 0.1) is 0 Å². The van der Waals surface area contributed by atoms with Gasteiger partial charge < -0.3 is 10.1 Å². The molecule has 0 radical (unpaired) electrons. The number of benzene rings is 2. The molecule has 0 aliphatic rings. The molecule has 140 valence electrons. The highest BCUT2D eigenvalue weighted by Crippen LogP contribution is 2.15. The van der Waals surface area contributed by atoms with E-state index >= 15 is 0 Å². The third-order valence-corrected chi connectivity index (χ3v) is 4.95. The monoisotopic (exact) mass is 396 g/mol. The smallest absolute Gasteiger partial charge is 0.235 e. The van der Waals surface area contributed by atoms with E-state index in [0.717, 1.165) is 16.1 Å². The molecule has 8 heteroatoms. The Balaban J connectivity index is 1.80. The maximum atomic E-state index is 12.1. The molecular weight excluding hydrogens is 376 g/mol. The maximum Gasteiger partial charge on any atom is 0.235 e. The molecular formula is C18H21ClN2O4S. The number of amides is 1. The van der Waals surface area contributed by atoms with Gasteiger partial charge in [0.05, 0.1) is 19.3 Å². The Kier molecular flexibility index (Phi) is 7.44. The van der Waals surface area contributed by atoms with Crippen LogP contribution < -0.4 is 10.1 Å². The second kappa shape index (κ2) is 9.56. The molecule has 2 rings (SSSR count).